The number of anilines is 1. The molecule has 1 amide bonds. The van der Waals surface area contributed by atoms with Crippen LogP contribution in [0.25, 0.3) is 6.08 Å². The SMILES string of the molecule is COc1cc(/C=C2\N=C(c3ccc(NC(C)=O)cc3)OC2=O)cc(Cl)c1OC(C)C. The van der Waals surface area contributed by atoms with Gasteiger partial charge in [-0.1, -0.05) is 11.6 Å². The number of carbonyl (C=O) groups excluding carboxylic acids is 2. The van der Waals surface area contributed by atoms with Crippen LogP contribution in [0.15, 0.2) is 47.1 Å². The van der Waals surface area contributed by atoms with Gasteiger partial charge in [0.05, 0.1) is 18.2 Å². The van der Waals surface area contributed by atoms with E-state index in [9.17, 15) is 9.59 Å². The second kappa shape index (κ2) is 9.00. The summed E-state index contributed by atoms with van der Waals surface area (Å²) < 4.78 is 16.3. The van der Waals surface area contributed by atoms with Crippen LogP contribution in [0, 0.1) is 0 Å². The summed E-state index contributed by atoms with van der Waals surface area (Å²) in [6.07, 6.45) is 1.49. The Balaban J connectivity index is 1.88. The van der Waals surface area contributed by atoms with Gasteiger partial charge >= 0.3 is 5.97 Å². The first kappa shape index (κ1) is 21.4. The van der Waals surface area contributed by atoms with Crippen molar-refractivity contribution in [2.75, 3.05) is 12.4 Å². The van der Waals surface area contributed by atoms with E-state index >= 15 is 0 Å². The van der Waals surface area contributed by atoms with Crippen molar-refractivity contribution in [3.8, 4) is 11.5 Å². The van der Waals surface area contributed by atoms with E-state index in [2.05, 4.69) is 10.3 Å². The van der Waals surface area contributed by atoms with Gasteiger partial charge in [-0.3, -0.25) is 4.79 Å². The predicted octanol–water partition coefficient (Wildman–Crippen LogP) is 4.44. The number of nitrogens with one attached hydrogen (secondary N) is 1. The van der Waals surface area contributed by atoms with Crippen molar-refractivity contribution in [2.45, 2.75) is 26.9 Å². The summed E-state index contributed by atoms with van der Waals surface area (Å²) in [5, 5.41) is 3.03. The number of amides is 1. The van der Waals surface area contributed by atoms with Gasteiger partial charge < -0.3 is 19.5 Å². The van der Waals surface area contributed by atoms with Gasteiger partial charge in [0, 0.05) is 18.2 Å². The minimum atomic E-state index is -0.575. The highest BCUT2D eigenvalue weighted by Crippen LogP contribution is 2.38. The van der Waals surface area contributed by atoms with Crippen LogP contribution in [0.1, 0.15) is 31.9 Å². The van der Waals surface area contributed by atoms with E-state index in [1.54, 1.807) is 42.5 Å². The molecule has 1 N–H and O–H groups in total. The summed E-state index contributed by atoms with van der Waals surface area (Å²) in [6, 6.07) is 10.2. The average Bonchev–Trinajstić information content (AvgIpc) is 3.04. The normalized spacial score (nSPS) is 14.5. The highest BCUT2D eigenvalue weighted by Gasteiger charge is 2.24. The Hall–Kier alpha value is -3.32. The Bertz CT molecular complexity index is 1040. The van der Waals surface area contributed by atoms with Gasteiger partial charge in [-0.15, -0.1) is 0 Å². The number of halogens is 1. The maximum atomic E-state index is 12.3. The number of methoxy groups -OCH3 is 1. The van der Waals surface area contributed by atoms with E-state index in [1.807, 2.05) is 13.8 Å². The van der Waals surface area contributed by atoms with Crippen molar-refractivity contribution in [2.24, 2.45) is 4.99 Å². The zero-order chi connectivity index (χ0) is 21.8. The van der Waals surface area contributed by atoms with Gasteiger partial charge in [-0.25, -0.2) is 9.79 Å². The number of cyclic esters (lactones) is 1. The van der Waals surface area contributed by atoms with Crippen LogP contribution in [-0.2, 0) is 14.3 Å². The number of ether oxygens (including phenoxy) is 3. The number of rotatable bonds is 6. The third-order valence-electron chi connectivity index (χ3n) is 3.98. The number of carbonyl (C=O) groups is 2. The molecule has 3 rings (SSSR count). The molecule has 0 saturated carbocycles. The number of hydrogen-bond donors (Lipinski definition) is 1. The fourth-order valence-electron chi connectivity index (χ4n) is 2.76. The molecular weight excluding hydrogens is 408 g/mol. The van der Waals surface area contributed by atoms with Gasteiger partial charge in [0.15, 0.2) is 17.2 Å². The van der Waals surface area contributed by atoms with E-state index in [0.29, 0.717) is 33.3 Å². The Morgan fingerprint density at radius 3 is 2.53 bits per heavy atom. The summed E-state index contributed by atoms with van der Waals surface area (Å²) in [7, 11) is 1.51. The smallest absolute Gasteiger partial charge is 0.363 e. The maximum Gasteiger partial charge on any atom is 0.363 e. The number of benzene rings is 2. The molecule has 1 heterocycles. The molecule has 2 aromatic rings. The zero-order valence-electron chi connectivity index (χ0n) is 17.0. The number of nitrogens with zero attached hydrogens (tertiary/aromatic N) is 1. The van der Waals surface area contributed by atoms with Crippen LogP contribution in [-0.4, -0.2) is 31.0 Å². The van der Waals surface area contributed by atoms with Crippen LogP contribution < -0.4 is 14.8 Å². The van der Waals surface area contributed by atoms with Gasteiger partial charge in [-0.2, -0.15) is 0 Å². The van der Waals surface area contributed by atoms with Crippen LogP contribution in [0.2, 0.25) is 5.02 Å². The molecule has 30 heavy (non-hydrogen) atoms. The van der Waals surface area contributed by atoms with Crippen LogP contribution in [0.5, 0.6) is 11.5 Å². The van der Waals surface area contributed by atoms with Gasteiger partial charge in [-0.05, 0) is 61.9 Å². The Labute approximate surface area is 179 Å². The molecule has 0 fully saturated rings. The number of aliphatic imine (C=N–C) groups is 1. The van der Waals surface area contributed by atoms with Gasteiger partial charge in [0.25, 0.3) is 0 Å². The average molecular weight is 429 g/mol. The molecule has 0 spiro atoms. The molecule has 0 bridgehead atoms. The van der Waals surface area contributed by atoms with E-state index in [1.165, 1.54) is 14.0 Å². The van der Waals surface area contributed by atoms with Crippen LogP contribution in [0.4, 0.5) is 5.69 Å². The molecule has 2 aromatic carbocycles. The molecular formula is C22H21ClN2O5. The van der Waals surface area contributed by atoms with Crippen molar-refractivity contribution in [3.05, 3.63) is 58.2 Å². The quantitative estimate of drug-likeness (QED) is 0.543. The molecule has 1 aliphatic rings. The Morgan fingerprint density at radius 2 is 1.93 bits per heavy atom. The Morgan fingerprint density at radius 1 is 1.23 bits per heavy atom. The summed E-state index contributed by atoms with van der Waals surface area (Å²) in [4.78, 5) is 27.7. The molecule has 7 nitrogen and oxygen atoms in total. The highest BCUT2D eigenvalue weighted by molar-refractivity contribution is 6.32. The fourth-order valence-corrected chi connectivity index (χ4v) is 3.03. The summed E-state index contributed by atoms with van der Waals surface area (Å²) in [5.74, 6) is 0.324. The van der Waals surface area contributed by atoms with Crippen molar-refractivity contribution >= 4 is 41.1 Å². The van der Waals surface area contributed by atoms with E-state index in [0.717, 1.165) is 0 Å². The molecule has 156 valence electrons. The molecule has 8 heteroatoms. The molecule has 0 radical (unpaired) electrons. The summed E-state index contributed by atoms with van der Waals surface area (Å²) in [6.45, 7) is 5.20. The Kier molecular flexibility index (Phi) is 6.42. The lowest BCUT2D eigenvalue weighted by molar-refractivity contribution is -0.129. The molecule has 0 atom stereocenters. The largest absolute Gasteiger partial charge is 0.493 e. The topological polar surface area (TPSA) is 86.2 Å². The van der Waals surface area contributed by atoms with Crippen molar-refractivity contribution < 1.29 is 23.8 Å². The first-order chi connectivity index (χ1) is 14.3. The second-order valence-corrected chi connectivity index (χ2v) is 7.20. The zero-order valence-corrected chi connectivity index (χ0v) is 17.7. The lowest BCUT2D eigenvalue weighted by atomic mass is 10.1. The number of hydrogen-bond acceptors (Lipinski definition) is 6. The minimum absolute atomic E-state index is 0.0744. The standard InChI is InChI=1S/C22H21ClN2O5/c1-12(2)29-20-17(23)9-14(11-19(20)28-4)10-18-22(27)30-21(25-18)15-5-7-16(8-6-15)24-13(3)26/h5-12H,1-4H3,(H,24,26)/b18-10-. The molecule has 1 aliphatic heterocycles. The van der Waals surface area contributed by atoms with Crippen LogP contribution in [0.3, 0.4) is 0 Å². The third kappa shape index (κ3) is 4.99. The van der Waals surface area contributed by atoms with E-state index < -0.39 is 5.97 Å². The van der Waals surface area contributed by atoms with E-state index in [4.69, 9.17) is 25.8 Å². The second-order valence-electron chi connectivity index (χ2n) is 6.80. The maximum absolute atomic E-state index is 12.3. The fraction of sp³-hybridized carbons (Fsp3) is 0.227. The first-order valence-electron chi connectivity index (χ1n) is 9.21. The summed E-state index contributed by atoms with van der Waals surface area (Å²) >= 11 is 6.34. The highest BCUT2D eigenvalue weighted by atomic mass is 35.5. The first-order valence-corrected chi connectivity index (χ1v) is 9.59. The molecule has 0 unspecified atom stereocenters. The van der Waals surface area contributed by atoms with Crippen molar-refractivity contribution in [3.63, 3.8) is 0 Å². The van der Waals surface area contributed by atoms with E-state index in [-0.39, 0.29) is 23.6 Å². The lowest BCUT2D eigenvalue weighted by Crippen LogP contribution is -2.07. The van der Waals surface area contributed by atoms with Crippen LogP contribution >= 0.6 is 11.6 Å². The minimum Gasteiger partial charge on any atom is -0.493 e. The number of esters is 1. The lowest BCUT2D eigenvalue weighted by Gasteiger charge is -2.15. The monoisotopic (exact) mass is 428 g/mol. The molecule has 0 saturated heterocycles. The van der Waals surface area contributed by atoms with Gasteiger partial charge in [0.2, 0.25) is 11.8 Å². The molecule has 0 aliphatic carbocycles. The van der Waals surface area contributed by atoms with Crippen molar-refractivity contribution in [1.82, 2.24) is 0 Å². The summed E-state index contributed by atoms with van der Waals surface area (Å²) in [5.41, 5.74) is 1.99. The third-order valence-corrected chi connectivity index (χ3v) is 4.26. The molecule has 0 aromatic heterocycles. The van der Waals surface area contributed by atoms with Crippen molar-refractivity contribution in [1.29, 1.82) is 0 Å². The van der Waals surface area contributed by atoms with Gasteiger partial charge in [0.1, 0.15) is 0 Å². The predicted molar refractivity (Wildman–Crippen MR) is 115 cm³/mol.